The van der Waals surface area contributed by atoms with Crippen molar-refractivity contribution in [3.8, 4) is 0 Å². The highest BCUT2D eigenvalue weighted by Gasteiger charge is 2.25. The zero-order valence-electron chi connectivity index (χ0n) is 13.2. The van der Waals surface area contributed by atoms with Crippen LogP contribution in [0.15, 0.2) is 24.3 Å². The highest BCUT2D eigenvalue weighted by Crippen LogP contribution is 2.22. The highest BCUT2D eigenvalue weighted by atomic mass is 35.5. The molecule has 1 aromatic rings. The molecule has 0 aromatic heterocycles. The minimum atomic E-state index is -0.422. The molecule has 1 aliphatic heterocycles. The zero-order chi connectivity index (χ0) is 16.1. The Morgan fingerprint density at radius 3 is 2.57 bits per heavy atom. The van der Waals surface area contributed by atoms with Gasteiger partial charge in [-0.3, -0.25) is 14.9 Å². The Bertz CT molecular complexity index is 547. The van der Waals surface area contributed by atoms with Crippen molar-refractivity contribution in [2.24, 2.45) is 5.73 Å². The van der Waals surface area contributed by atoms with Gasteiger partial charge in [-0.1, -0.05) is 19.4 Å². The fourth-order valence-electron chi connectivity index (χ4n) is 2.66. The molecule has 7 nitrogen and oxygen atoms in total. The van der Waals surface area contributed by atoms with E-state index < -0.39 is 11.0 Å². The van der Waals surface area contributed by atoms with E-state index in [9.17, 15) is 14.9 Å². The molecule has 1 unspecified atom stereocenters. The topological polar surface area (TPSA) is 92.7 Å². The number of carbonyl (C=O) groups is 1. The molecule has 23 heavy (non-hydrogen) atoms. The lowest BCUT2D eigenvalue weighted by atomic mass is 10.1. The number of anilines is 1. The van der Waals surface area contributed by atoms with Crippen LogP contribution in [0.4, 0.5) is 11.4 Å². The summed E-state index contributed by atoms with van der Waals surface area (Å²) < 4.78 is 0. The van der Waals surface area contributed by atoms with Crippen LogP contribution in [0.2, 0.25) is 0 Å². The smallest absolute Gasteiger partial charge is 0.271 e. The molecule has 1 aromatic carbocycles. The number of hydrogen-bond donors (Lipinski definition) is 1. The van der Waals surface area contributed by atoms with Crippen LogP contribution < -0.4 is 10.6 Å². The monoisotopic (exact) mass is 342 g/mol. The molecule has 8 heteroatoms. The van der Waals surface area contributed by atoms with Gasteiger partial charge in [0.25, 0.3) is 5.69 Å². The minimum Gasteiger partial charge on any atom is -0.368 e. The summed E-state index contributed by atoms with van der Waals surface area (Å²) in [5.74, 6) is 0.000502. The average molecular weight is 343 g/mol. The lowest BCUT2D eigenvalue weighted by Crippen LogP contribution is -2.53. The van der Waals surface area contributed by atoms with E-state index in [2.05, 4.69) is 4.90 Å². The number of piperazine rings is 1. The molecule has 1 saturated heterocycles. The third-order valence-electron chi connectivity index (χ3n) is 3.91. The maximum absolute atomic E-state index is 12.2. The maximum Gasteiger partial charge on any atom is 0.271 e. The van der Waals surface area contributed by atoms with E-state index >= 15 is 0 Å². The van der Waals surface area contributed by atoms with E-state index in [1.54, 1.807) is 17.0 Å². The number of benzene rings is 1. The number of non-ortho nitro benzene ring substituents is 1. The van der Waals surface area contributed by atoms with E-state index in [-0.39, 0.29) is 24.0 Å². The van der Waals surface area contributed by atoms with Gasteiger partial charge in [0, 0.05) is 44.0 Å². The first kappa shape index (κ1) is 19.2. The summed E-state index contributed by atoms with van der Waals surface area (Å²) in [5, 5.41) is 10.8. The van der Waals surface area contributed by atoms with Crippen LogP contribution in [0.3, 0.4) is 0 Å². The number of nitro groups is 1. The molecular weight excluding hydrogens is 320 g/mol. The van der Waals surface area contributed by atoms with Crippen molar-refractivity contribution in [1.82, 2.24) is 4.90 Å². The number of rotatable bonds is 5. The summed E-state index contributed by atoms with van der Waals surface area (Å²) in [6, 6.07) is 6.16. The molecule has 0 aliphatic carbocycles. The van der Waals surface area contributed by atoms with Gasteiger partial charge in [-0.25, -0.2) is 0 Å². The third-order valence-corrected chi connectivity index (χ3v) is 3.91. The van der Waals surface area contributed by atoms with E-state index in [1.165, 1.54) is 6.07 Å². The predicted octanol–water partition coefficient (Wildman–Crippen LogP) is 1.79. The van der Waals surface area contributed by atoms with E-state index in [1.807, 2.05) is 13.0 Å². The second-order valence-electron chi connectivity index (χ2n) is 5.48. The molecule has 0 bridgehead atoms. The van der Waals surface area contributed by atoms with E-state index in [0.29, 0.717) is 32.6 Å². The quantitative estimate of drug-likeness (QED) is 0.650. The van der Waals surface area contributed by atoms with Gasteiger partial charge in [0.1, 0.15) is 0 Å². The average Bonchev–Trinajstić information content (AvgIpc) is 2.54. The van der Waals surface area contributed by atoms with Crippen molar-refractivity contribution in [3.63, 3.8) is 0 Å². The van der Waals surface area contributed by atoms with Crippen LogP contribution in [-0.4, -0.2) is 48.0 Å². The Morgan fingerprint density at radius 2 is 2.00 bits per heavy atom. The molecule has 128 valence electrons. The van der Waals surface area contributed by atoms with Gasteiger partial charge in [0.15, 0.2) is 0 Å². The molecule has 0 saturated carbocycles. The van der Waals surface area contributed by atoms with Crippen LogP contribution >= 0.6 is 12.4 Å². The molecule has 1 amide bonds. The molecule has 1 heterocycles. The molecule has 2 N–H and O–H groups in total. The normalized spacial score (nSPS) is 15.7. The minimum absolute atomic E-state index is 0. The predicted molar refractivity (Wildman–Crippen MR) is 92.0 cm³/mol. The Kier molecular flexibility index (Phi) is 7.25. The number of nitrogens with zero attached hydrogens (tertiary/aromatic N) is 3. The van der Waals surface area contributed by atoms with Gasteiger partial charge < -0.3 is 15.5 Å². The van der Waals surface area contributed by atoms with Crippen LogP contribution in [0.25, 0.3) is 0 Å². The molecule has 1 fully saturated rings. The Balaban J connectivity index is 0.00000264. The summed E-state index contributed by atoms with van der Waals surface area (Å²) in [5.41, 5.74) is 6.78. The van der Waals surface area contributed by atoms with Gasteiger partial charge in [-0.15, -0.1) is 12.4 Å². The Morgan fingerprint density at radius 1 is 1.35 bits per heavy atom. The summed E-state index contributed by atoms with van der Waals surface area (Å²) >= 11 is 0. The van der Waals surface area contributed by atoms with Crippen molar-refractivity contribution >= 4 is 29.7 Å². The number of nitrogens with two attached hydrogens (primary N) is 1. The van der Waals surface area contributed by atoms with Crippen molar-refractivity contribution < 1.29 is 9.72 Å². The van der Waals surface area contributed by atoms with Gasteiger partial charge in [-0.05, 0) is 12.5 Å². The molecule has 0 spiro atoms. The number of amides is 1. The van der Waals surface area contributed by atoms with Crippen LogP contribution in [0.5, 0.6) is 0 Å². The number of carbonyl (C=O) groups excluding carboxylic acids is 1. The number of hydrogen-bond acceptors (Lipinski definition) is 5. The van der Waals surface area contributed by atoms with E-state index in [4.69, 9.17) is 5.73 Å². The van der Waals surface area contributed by atoms with Crippen LogP contribution in [0.1, 0.15) is 19.8 Å². The summed E-state index contributed by atoms with van der Waals surface area (Å²) in [4.78, 5) is 26.4. The fraction of sp³-hybridized carbons (Fsp3) is 0.533. The third kappa shape index (κ3) is 4.80. The lowest BCUT2D eigenvalue weighted by Gasteiger charge is -2.37. The van der Waals surface area contributed by atoms with Crippen molar-refractivity contribution in [2.45, 2.75) is 25.8 Å². The molecule has 2 rings (SSSR count). The largest absolute Gasteiger partial charge is 0.368 e. The molecular formula is C15H23ClN4O3. The van der Waals surface area contributed by atoms with Crippen molar-refractivity contribution in [2.75, 3.05) is 31.1 Å². The van der Waals surface area contributed by atoms with E-state index in [0.717, 1.165) is 12.1 Å². The van der Waals surface area contributed by atoms with Crippen molar-refractivity contribution in [1.29, 1.82) is 0 Å². The van der Waals surface area contributed by atoms with Gasteiger partial charge in [0.05, 0.1) is 11.0 Å². The zero-order valence-corrected chi connectivity index (χ0v) is 14.0. The standard InChI is InChI=1S/C15H22N4O3.ClH/c1-2-4-14(16)15(20)18-9-7-17(8-10-18)12-5-3-6-13(11-12)19(21)22;/h3,5-6,11,14H,2,4,7-10,16H2,1H3;1H. The molecule has 0 radical (unpaired) electrons. The number of nitro benzene ring substituents is 1. The Labute approximate surface area is 142 Å². The van der Waals surface area contributed by atoms with Gasteiger partial charge in [0.2, 0.25) is 5.91 Å². The maximum atomic E-state index is 12.2. The van der Waals surface area contributed by atoms with Crippen LogP contribution in [-0.2, 0) is 4.79 Å². The summed E-state index contributed by atoms with van der Waals surface area (Å²) in [7, 11) is 0. The second kappa shape index (κ2) is 8.69. The van der Waals surface area contributed by atoms with Gasteiger partial charge >= 0.3 is 0 Å². The Hall–Kier alpha value is -1.86. The summed E-state index contributed by atoms with van der Waals surface area (Å²) in [6.07, 6.45) is 1.59. The first-order chi connectivity index (χ1) is 10.5. The molecule has 1 aliphatic rings. The highest BCUT2D eigenvalue weighted by molar-refractivity contribution is 5.85. The SMILES string of the molecule is CCCC(N)C(=O)N1CCN(c2cccc([N+](=O)[O-])c2)CC1.Cl. The number of halogens is 1. The molecule has 1 atom stereocenters. The second-order valence-corrected chi connectivity index (χ2v) is 5.48. The van der Waals surface area contributed by atoms with Gasteiger partial charge in [-0.2, -0.15) is 0 Å². The lowest BCUT2D eigenvalue weighted by molar-refractivity contribution is -0.384. The summed E-state index contributed by atoms with van der Waals surface area (Å²) in [6.45, 7) is 4.52. The first-order valence-electron chi connectivity index (χ1n) is 7.56. The van der Waals surface area contributed by atoms with Crippen LogP contribution in [0, 0.1) is 10.1 Å². The first-order valence-corrected chi connectivity index (χ1v) is 7.56. The van der Waals surface area contributed by atoms with Crippen molar-refractivity contribution in [3.05, 3.63) is 34.4 Å². The fourth-order valence-corrected chi connectivity index (χ4v) is 2.66.